The Hall–Kier alpha value is -0.0400. The lowest BCUT2D eigenvalue weighted by Crippen LogP contribution is -2.14. The monoisotopic (exact) mass is 126 g/mol. The summed E-state index contributed by atoms with van der Waals surface area (Å²) in [6.45, 7) is 0. The third-order valence-corrected chi connectivity index (χ3v) is 3.02. The molecule has 0 heterocycles. The van der Waals surface area contributed by atoms with Gasteiger partial charge in [-0.1, -0.05) is 0 Å². The highest BCUT2D eigenvalue weighted by atomic mass is 16.5. The zero-order valence-electron chi connectivity index (χ0n) is 5.97. The second-order valence-electron chi connectivity index (χ2n) is 3.38. The van der Waals surface area contributed by atoms with E-state index in [-0.39, 0.29) is 0 Å². The molecule has 1 heteroatoms. The van der Waals surface area contributed by atoms with Crippen molar-refractivity contribution in [1.82, 2.24) is 0 Å². The highest BCUT2D eigenvalue weighted by molar-refractivity contribution is 4.92. The van der Waals surface area contributed by atoms with Crippen molar-refractivity contribution in [1.29, 1.82) is 0 Å². The second kappa shape index (κ2) is 1.98. The summed E-state index contributed by atoms with van der Waals surface area (Å²) in [6, 6.07) is 0. The van der Waals surface area contributed by atoms with E-state index in [4.69, 9.17) is 4.74 Å². The van der Waals surface area contributed by atoms with Gasteiger partial charge in [-0.25, -0.2) is 0 Å². The maximum Gasteiger partial charge on any atom is 0.0627 e. The molecule has 2 aliphatic rings. The van der Waals surface area contributed by atoms with Gasteiger partial charge in [-0.15, -0.1) is 0 Å². The fraction of sp³-hybridized carbons (Fsp3) is 1.00. The molecule has 0 aliphatic heterocycles. The van der Waals surface area contributed by atoms with Gasteiger partial charge in [0, 0.05) is 7.11 Å². The smallest absolute Gasteiger partial charge is 0.0627 e. The first kappa shape index (κ1) is 5.72. The van der Waals surface area contributed by atoms with Gasteiger partial charge in [0.15, 0.2) is 0 Å². The molecule has 0 aromatic carbocycles. The van der Waals surface area contributed by atoms with Crippen LogP contribution in [0.1, 0.15) is 25.7 Å². The average Bonchev–Trinajstić information content (AvgIpc) is 2.44. The maximum atomic E-state index is 5.40. The predicted octanol–water partition coefficient (Wildman–Crippen LogP) is 1.82. The Labute approximate surface area is 56.4 Å². The van der Waals surface area contributed by atoms with Crippen molar-refractivity contribution < 1.29 is 4.74 Å². The van der Waals surface area contributed by atoms with E-state index >= 15 is 0 Å². The van der Waals surface area contributed by atoms with Crippen molar-refractivity contribution in [2.24, 2.45) is 11.8 Å². The van der Waals surface area contributed by atoms with Gasteiger partial charge in [-0.2, -0.15) is 0 Å². The van der Waals surface area contributed by atoms with E-state index < -0.39 is 0 Å². The number of ether oxygens (including phenoxy) is 1. The molecule has 2 fully saturated rings. The van der Waals surface area contributed by atoms with Crippen LogP contribution in [-0.2, 0) is 4.74 Å². The van der Waals surface area contributed by atoms with Gasteiger partial charge in [0.1, 0.15) is 0 Å². The number of fused-ring (bicyclic) bond motifs is 2. The minimum absolute atomic E-state index is 0.644. The third kappa shape index (κ3) is 0.710. The zero-order chi connectivity index (χ0) is 6.27. The van der Waals surface area contributed by atoms with Crippen molar-refractivity contribution in [3.63, 3.8) is 0 Å². The number of hydrogen-bond acceptors (Lipinski definition) is 1. The van der Waals surface area contributed by atoms with Crippen LogP contribution < -0.4 is 0 Å². The highest BCUT2D eigenvalue weighted by Gasteiger charge is 2.41. The Morgan fingerprint density at radius 3 is 1.67 bits per heavy atom. The molecule has 52 valence electrons. The molecule has 0 atom stereocenters. The summed E-state index contributed by atoms with van der Waals surface area (Å²) < 4.78 is 5.40. The summed E-state index contributed by atoms with van der Waals surface area (Å²) in [5.41, 5.74) is 0. The molecule has 0 N–H and O–H groups in total. The van der Waals surface area contributed by atoms with Crippen LogP contribution >= 0.6 is 0 Å². The molecule has 2 saturated carbocycles. The lowest BCUT2D eigenvalue weighted by atomic mass is 10.0. The van der Waals surface area contributed by atoms with Gasteiger partial charge in [-0.3, -0.25) is 0 Å². The molecule has 2 aliphatic carbocycles. The minimum atomic E-state index is 0.644. The summed E-state index contributed by atoms with van der Waals surface area (Å²) >= 11 is 0. The molecule has 9 heavy (non-hydrogen) atoms. The third-order valence-electron chi connectivity index (χ3n) is 3.02. The van der Waals surface area contributed by atoms with Crippen molar-refractivity contribution >= 4 is 0 Å². The van der Waals surface area contributed by atoms with Crippen molar-refractivity contribution in [3.8, 4) is 0 Å². The highest BCUT2D eigenvalue weighted by Crippen LogP contribution is 2.45. The standard InChI is InChI=1S/C8H14O/c1-9-8-6-2-3-7(8)5-4-6/h6-8H,2-5H2,1H3. The van der Waals surface area contributed by atoms with Crippen molar-refractivity contribution in [2.75, 3.05) is 7.11 Å². The topological polar surface area (TPSA) is 9.23 Å². The summed E-state index contributed by atoms with van der Waals surface area (Å²) in [7, 11) is 1.86. The summed E-state index contributed by atoms with van der Waals surface area (Å²) in [5.74, 6) is 1.86. The van der Waals surface area contributed by atoms with E-state index in [1.807, 2.05) is 7.11 Å². The second-order valence-corrected chi connectivity index (χ2v) is 3.38. The van der Waals surface area contributed by atoms with Crippen LogP contribution in [0, 0.1) is 11.8 Å². The summed E-state index contributed by atoms with van der Waals surface area (Å²) in [6.07, 6.45) is 6.38. The predicted molar refractivity (Wildman–Crippen MR) is 36.2 cm³/mol. The van der Waals surface area contributed by atoms with E-state index in [0.717, 1.165) is 11.8 Å². The molecule has 2 bridgehead atoms. The molecule has 0 unspecified atom stereocenters. The molecule has 0 aromatic rings. The van der Waals surface area contributed by atoms with E-state index in [2.05, 4.69) is 0 Å². The molecule has 0 amide bonds. The van der Waals surface area contributed by atoms with Gasteiger partial charge in [-0.05, 0) is 37.5 Å². The van der Waals surface area contributed by atoms with Crippen LogP contribution in [0.5, 0.6) is 0 Å². The van der Waals surface area contributed by atoms with Crippen LogP contribution in [-0.4, -0.2) is 13.2 Å². The van der Waals surface area contributed by atoms with Crippen molar-refractivity contribution in [3.05, 3.63) is 0 Å². The Kier molecular flexibility index (Phi) is 1.26. The SMILES string of the molecule is COC1C2CCC1CC2. The first-order valence-corrected chi connectivity index (χ1v) is 3.94. The van der Waals surface area contributed by atoms with E-state index in [9.17, 15) is 0 Å². The first-order valence-electron chi connectivity index (χ1n) is 3.94. The minimum Gasteiger partial charge on any atom is -0.381 e. The Morgan fingerprint density at radius 2 is 1.44 bits per heavy atom. The van der Waals surface area contributed by atoms with Gasteiger partial charge >= 0.3 is 0 Å². The Morgan fingerprint density at radius 1 is 1.00 bits per heavy atom. The molecule has 1 nitrogen and oxygen atoms in total. The van der Waals surface area contributed by atoms with Gasteiger partial charge in [0.2, 0.25) is 0 Å². The van der Waals surface area contributed by atoms with E-state index in [1.165, 1.54) is 25.7 Å². The zero-order valence-corrected chi connectivity index (χ0v) is 5.97. The molecular weight excluding hydrogens is 112 g/mol. The number of methoxy groups -OCH3 is 1. The quantitative estimate of drug-likeness (QED) is 0.520. The average molecular weight is 126 g/mol. The van der Waals surface area contributed by atoms with Gasteiger partial charge in [0.25, 0.3) is 0 Å². The van der Waals surface area contributed by atoms with E-state index in [0.29, 0.717) is 6.10 Å². The van der Waals surface area contributed by atoms with Crippen LogP contribution in [0.2, 0.25) is 0 Å². The number of hydrogen-bond donors (Lipinski definition) is 0. The Bertz CT molecular complexity index is 91.1. The summed E-state index contributed by atoms with van der Waals surface area (Å²) in [5, 5.41) is 0. The molecule has 0 saturated heterocycles. The van der Waals surface area contributed by atoms with Crippen LogP contribution in [0.4, 0.5) is 0 Å². The lowest BCUT2D eigenvalue weighted by molar-refractivity contribution is 0.0665. The molecule has 2 rings (SSSR count). The van der Waals surface area contributed by atoms with Gasteiger partial charge < -0.3 is 4.74 Å². The van der Waals surface area contributed by atoms with Crippen LogP contribution in [0.25, 0.3) is 0 Å². The van der Waals surface area contributed by atoms with Crippen LogP contribution in [0.3, 0.4) is 0 Å². The fourth-order valence-corrected chi connectivity index (χ4v) is 2.57. The van der Waals surface area contributed by atoms with Gasteiger partial charge in [0.05, 0.1) is 6.10 Å². The number of rotatable bonds is 1. The molecule has 0 aromatic heterocycles. The fourth-order valence-electron chi connectivity index (χ4n) is 2.57. The normalized spacial score (nSPS) is 48.3. The molecule has 0 spiro atoms. The van der Waals surface area contributed by atoms with Crippen molar-refractivity contribution in [2.45, 2.75) is 31.8 Å². The lowest BCUT2D eigenvalue weighted by Gasteiger charge is -2.11. The Balaban J connectivity index is 2.08. The molecular formula is C8H14O. The van der Waals surface area contributed by atoms with Crippen LogP contribution in [0.15, 0.2) is 0 Å². The first-order chi connectivity index (χ1) is 4.42. The maximum absolute atomic E-state index is 5.40. The summed E-state index contributed by atoms with van der Waals surface area (Å²) in [4.78, 5) is 0. The molecule has 0 radical (unpaired) electrons. The largest absolute Gasteiger partial charge is 0.381 e. The van der Waals surface area contributed by atoms with E-state index in [1.54, 1.807) is 0 Å².